The van der Waals surface area contributed by atoms with Crippen LogP contribution in [0.2, 0.25) is 0 Å². The molecule has 2 heteroatoms. The van der Waals surface area contributed by atoms with E-state index >= 15 is 0 Å². The summed E-state index contributed by atoms with van der Waals surface area (Å²) in [7, 11) is 0. The monoisotopic (exact) mass is 182 g/mol. The second-order valence-corrected chi connectivity index (χ2v) is 5.01. The largest absolute Gasteiger partial charge is 0.313 e. The minimum atomic E-state index is 0.733. The number of hydrogen-bond acceptors (Lipinski definition) is 2. The van der Waals surface area contributed by atoms with Gasteiger partial charge < -0.3 is 10.6 Å². The van der Waals surface area contributed by atoms with Crippen LogP contribution in [0.3, 0.4) is 0 Å². The molecule has 2 fully saturated rings. The van der Waals surface area contributed by atoms with Gasteiger partial charge >= 0.3 is 0 Å². The average Bonchev–Trinajstić information content (AvgIpc) is 2.79. The molecule has 2 rings (SSSR count). The molecule has 0 aromatic carbocycles. The maximum atomic E-state index is 3.63. The number of rotatable bonds is 3. The van der Waals surface area contributed by atoms with Gasteiger partial charge in [0, 0.05) is 18.6 Å². The highest BCUT2D eigenvalue weighted by atomic mass is 15.0. The molecule has 4 unspecified atom stereocenters. The lowest BCUT2D eigenvalue weighted by atomic mass is 9.94. The van der Waals surface area contributed by atoms with Crippen LogP contribution in [0.25, 0.3) is 0 Å². The van der Waals surface area contributed by atoms with Crippen LogP contribution < -0.4 is 10.6 Å². The van der Waals surface area contributed by atoms with E-state index in [1.165, 1.54) is 32.4 Å². The first-order chi connectivity index (χ1) is 6.25. The third kappa shape index (κ3) is 2.68. The Kier molecular flexibility index (Phi) is 2.89. The quantitative estimate of drug-likeness (QED) is 0.689. The van der Waals surface area contributed by atoms with Gasteiger partial charge in [-0.15, -0.1) is 0 Å². The molecular formula is C11H22N2. The molecule has 0 radical (unpaired) electrons. The molecule has 1 saturated heterocycles. The second kappa shape index (κ2) is 3.97. The number of nitrogens with one attached hydrogen (secondary N) is 2. The molecule has 2 aliphatic rings. The third-order valence-electron chi connectivity index (χ3n) is 3.49. The van der Waals surface area contributed by atoms with Gasteiger partial charge in [0.2, 0.25) is 0 Å². The summed E-state index contributed by atoms with van der Waals surface area (Å²) >= 11 is 0. The summed E-state index contributed by atoms with van der Waals surface area (Å²) < 4.78 is 0. The Morgan fingerprint density at radius 2 is 2.08 bits per heavy atom. The van der Waals surface area contributed by atoms with Gasteiger partial charge in [0.05, 0.1) is 0 Å². The predicted molar refractivity (Wildman–Crippen MR) is 55.8 cm³/mol. The van der Waals surface area contributed by atoms with E-state index in [9.17, 15) is 0 Å². The van der Waals surface area contributed by atoms with Crippen molar-refractivity contribution in [2.45, 2.75) is 45.2 Å². The molecule has 0 bridgehead atoms. The van der Waals surface area contributed by atoms with Crippen LogP contribution >= 0.6 is 0 Å². The van der Waals surface area contributed by atoms with Crippen molar-refractivity contribution in [3.8, 4) is 0 Å². The Labute approximate surface area is 81.5 Å². The van der Waals surface area contributed by atoms with E-state index in [2.05, 4.69) is 24.5 Å². The summed E-state index contributed by atoms with van der Waals surface area (Å²) in [4.78, 5) is 0. The Bertz CT molecular complexity index is 169. The highest BCUT2D eigenvalue weighted by Crippen LogP contribution is 2.29. The molecule has 0 spiro atoms. The average molecular weight is 182 g/mol. The predicted octanol–water partition coefficient (Wildman–Crippen LogP) is 1.37. The van der Waals surface area contributed by atoms with E-state index in [0.29, 0.717) is 0 Å². The van der Waals surface area contributed by atoms with E-state index in [1.54, 1.807) is 0 Å². The van der Waals surface area contributed by atoms with E-state index in [1.807, 2.05) is 0 Å². The molecule has 1 heterocycles. The molecule has 1 saturated carbocycles. The van der Waals surface area contributed by atoms with Crippen LogP contribution in [-0.2, 0) is 0 Å². The smallest absolute Gasteiger partial charge is 0.0195 e. The van der Waals surface area contributed by atoms with Crippen molar-refractivity contribution in [3.63, 3.8) is 0 Å². The number of piperidine rings is 1. The minimum absolute atomic E-state index is 0.733. The first-order valence-electron chi connectivity index (χ1n) is 5.72. The lowest BCUT2D eigenvalue weighted by Crippen LogP contribution is -2.44. The zero-order valence-corrected chi connectivity index (χ0v) is 8.84. The van der Waals surface area contributed by atoms with E-state index < -0.39 is 0 Å². The van der Waals surface area contributed by atoms with Crippen LogP contribution in [0.15, 0.2) is 0 Å². The maximum Gasteiger partial charge on any atom is 0.0195 e. The Balaban J connectivity index is 1.63. The highest BCUT2D eigenvalue weighted by Gasteiger charge is 2.32. The van der Waals surface area contributed by atoms with E-state index in [0.717, 1.165) is 23.9 Å². The van der Waals surface area contributed by atoms with Crippen molar-refractivity contribution >= 4 is 0 Å². The number of hydrogen-bond donors (Lipinski definition) is 2. The summed E-state index contributed by atoms with van der Waals surface area (Å²) in [5, 5.41) is 7.22. The Morgan fingerprint density at radius 3 is 2.69 bits per heavy atom. The minimum Gasteiger partial charge on any atom is -0.313 e. The molecule has 1 aliphatic carbocycles. The zero-order valence-electron chi connectivity index (χ0n) is 8.84. The first kappa shape index (κ1) is 9.47. The summed E-state index contributed by atoms with van der Waals surface area (Å²) in [6.45, 7) is 7.09. The fourth-order valence-electron chi connectivity index (χ4n) is 2.28. The standard InChI is InChI=1S/C11H22N2/c1-8-3-4-12-10(5-8)7-13-11-6-9(11)2/h8-13H,3-7H2,1-2H3. The van der Waals surface area contributed by atoms with Crippen molar-refractivity contribution < 1.29 is 0 Å². The van der Waals surface area contributed by atoms with Crippen LogP contribution in [0.5, 0.6) is 0 Å². The summed E-state index contributed by atoms with van der Waals surface area (Å²) in [5.41, 5.74) is 0. The van der Waals surface area contributed by atoms with Crippen molar-refractivity contribution in [1.29, 1.82) is 0 Å². The van der Waals surface area contributed by atoms with Crippen molar-refractivity contribution in [2.75, 3.05) is 13.1 Å². The fourth-order valence-corrected chi connectivity index (χ4v) is 2.28. The van der Waals surface area contributed by atoms with E-state index in [4.69, 9.17) is 0 Å². The zero-order chi connectivity index (χ0) is 9.26. The molecule has 0 aromatic heterocycles. The van der Waals surface area contributed by atoms with Crippen LogP contribution in [0.4, 0.5) is 0 Å². The molecular weight excluding hydrogens is 160 g/mol. The van der Waals surface area contributed by atoms with Crippen molar-refractivity contribution in [2.24, 2.45) is 11.8 Å². The van der Waals surface area contributed by atoms with Gasteiger partial charge in [0.25, 0.3) is 0 Å². The molecule has 4 atom stereocenters. The lowest BCUT2D eigenvalue weighted by molar-refractivity contribution is 0.310. The molecule has 1 aliphatic heterocycles. The third-order valence-corrected chi connectivity index (χ3v) is 3.49. The van der Waals surface area contributed by atoms with Crippen LogP contribution in [0.1, 0.15) is 33.1 Å². The highest BCUT2D eigenvalue weighted by molar-refractivity contribution is 4.91. The normalized spacial score (nSPS) is 44.8. The summed E-state index contributed by atoms with van der Waals surface area (Å²) in [6.07, 6.45) is 4.10. The van der Waals surface area contributed by atoms with E-state index in [-0.39, 0.29) is 0 Å². The van der Waals surface area contributed by atoms with Gasteiger partial charge in [-0.25, -0.2) is 0 Å². The maximum absolute atomic E-state index is 3.63. The van der Waals surface area contributed by atoms with Crippen LogP contribution in [-0.4, -0.2) is 25.2 Å². The second-order valence-electron chi connectivity index (χ2n) is 5.01. The molecule has 0 amide bonds. The molecule has 13 heavy (non-hydrogen) atoms. The van der Waals surface area contributed by atoms with Gasteiger partial charge in [-0.1, -0.05) is 13.8 Å². The summed E-state index contributed by atoms with van der Waals surface area (Å²) in [5.74, 6) is 1.85. The van der Waals surface area contributed by atoms with Crippen molar-refractivity contribution in [3.05, 3.63) is 0 Å². The SMILES string of the molecule is CC1CCNC(CNC2CC2C)C1. The molecule has 0 aromatic rings. The first-order valence-corrected chi connectivity index (χ1v) is 5.72. The van der Waals surface area contributed by atoms with Gasteiger partial charge in [-0.2, -0.15) is 0 Å². The van der Waals surface area contributed by atoms with Crippen molar-refractivity contribution in [1.82, 2.24) is 10.6 Å². The Hall–Kier alpha value is -0.0800. The van der Waals surface area contributed by atoms with Gasteiger partial charge in [0.1, 0.15) is 0 Å². The fraction of sp³-hybridized carbons (Fsp3) is 1.00. The van der Waals surface area contributed by atoms with Gasteiger partial charge in [-0.05, 0) is 37.6 Å². The van der Waals surface area contributed by atoms with Gasteiger partial charge in [0.15, 0.2) is 0 Å². The molecule has 2 nitrogen and oxygen atoms in total. The lowest BCUT2D eigenvalue weighted by Gasteiger charge is -2.28. The molecule has 76 valence electrons. The topological polar surface area (TPSA) is 24.1 Å². The van der Waals surface area contributed by atoms with Gasteiger partial charge in [-0.3, -0.25) is 0 Å². The molecule has 2 N–H and O–H groups in total. The Morgan fingerprint density at radius 1 is 1.31 bits per heavy atom. The van der Waals surface area contributed by atoms with Crippen LogP contribution in [0, 0.1) is 11.8 Å². The summed E-state index contributed by atoms with van der Waals surface area (Å²) in [6, 6.07) is 1.57.